The summed E-state index contributed by atoms with van der Waals surface area (Å²) in [5, 5.41) is 11.0. The second-order valence-electron chi connectivity index (χ2n) is 6.19. The third-order valence-electron chi connectivity index (χ3n) is 4.30. The number of carbonyl (C=O) groups is 2. The number of nitro groups is 1. The van der Waals surface area contributed by atoms with Crippen molar-refractivity contribution in [2.75, 3.05) is 6.61 Å². The summed E-state index contributed by atoms with van der Waals surface area (Å²) < 4.78 is 7.12. The SMILES string of the molecule is CCCn1c(C)cc(C(=O)COC(=O)c2ccc(C)c([N+](=O)[O-])c2)c1C. The molecule has 0 unspecified atom stereocenters. The van der Waals surface area contributed by atoms with Gasteiger partial charge in [-0.3, -0.25) is 14.9 Å². The Hall–Kier alpha value is -2.96. The minimum absolute atomic E-state index is 0.0477. The van der Waals surface area contributed by atoms with Crippen LogP contribution in [0.25, 0.3) is 0 Å². The van der Waals surface area contributed by atoms with Crippen molar-refractivity contribution in [1.82, 2.24) is 4.57 Å². The van der Waals surface area contributed by atoms with E-state index in [9.17, 15) is 19.7 Å². The van der Waals surface area contributed by atoms with Gasteiger partial charge in [-0.2, -0.15) is 0 Å². The summed E-state index contributed by atoms with van der Waals surface area (Å²) in [5.41, 5.74) is 2.69. The molecule has 1 aromatic carbocycles. The van der Waals surface area contributed by atoms with Gasteiger partial charge in [-0.05, 0) is 39.3 Å². The summed E-state index contributed by atoms with van der Waals surface area (Å²) >= 11 is 0. The van der Waals surface area contributed by atoms with Crippen molar-refractivity contribution in [2.24, 2.45) is 0 Å². The maximum Gasteiger partial charge on any atom is 0.338 e. The molecule has 0 fully saturated rings. The highest BCUT2D eigenvalue weighted by molar-refractivity contribution is 6.00. The summed E-state index contributed by atoms with van der Waals surface area (Å²) in [6, 6.07) is 5.88. The number of carbonyl (C=O) groups excluding carboxylic acids is 2. The quantitative estimate of drug-likeness (QED) is 0.325. The van der Waals surface area contributed by atoms with Crippen molar-refractivity contribution >= 4 is 17.4 Å². The summed E-state index contributed by atoms with van der Waals surface area (Å²) in [5.74, 6) is -1.06. The summed E-state index contributed by atoms with van der Waals surface area (Å²) in [6.45, 7) is 7.85. The van der Waals surface area contributed by atoms with E-state index < -0.39 is 17.5 Å². The molecule has 0 bridgehead atoms. The average molecular weight is 358 g/mol. The molecule has 0 amide bonds. The van der Waals surface area contributed by atoms with Gasteiger partial charge in [0.1, 0.15) is 0 Å². The Bertz CT molecular complexity index is 867. The van der Waals surface area contributed by atoms with Crippen LogP contribution in [-0.2, 0) is 11.3 Å². The number of Topliss-reactive ketones (excluding diaryl/α,β-unsaturated/α-hetero) is 1. The fourth-order valence-electron chi connectivity index (χ4n) is 2.88. The van der Waals surface area contributed by atoms with Gasteiger partial charge in [0.2, 0.25) is 5.78 Å². The summed E-state index contributed by atoms with van der Waals surface area (Å²) in [4.78, 5) is 34.9. The van der Waals surface area contributed by atoms with Gasteiger partial charge in [0.15, 0.2) is 6.61 Å². The van der Waals surface area contributed by atoms with Crippen LogP contribution in [0.4, 0.5) is 5.69 Å². The number of hydrogen-bond donors (Lipinski definition) is 0. The zero-order chi connectivity index (χ0) is 19.4. The van der Waals surface area contributed by atoms with Crippen LogP contribution in [0.3, 0.4) is 0 Å². The van der Waals surface area contributed by atoms with Crippen LogP contribution in [0.15, 0.2) is 24.3 Å². The molecule has 138 valence electrons. The number of ketones is 1. The minimum atomic E-state index is -0.760. The van der Waals surface area contributed by atoms with Crippen molar-refractivity contribution in [3.05, 3.63) is 62.5 Å². The number of aromatic nitrogens is 1. The van der Waals surface area contributed by atoms with Gasteiger partial charge in [-0.15, -0.1) is 0 Å². The molecule has 1 heterocycles. The van der Waals surface area contributed by atoms with E-state index in [0.717, 1.165) is 30.4 Å². The summed E-state index contributed by atoms with van der Waals surface area (Å²) in [6.07, 6.45) is 0.950. The number of hydrogen-bond acceptors (Lipinski definition) is 5. The Morgan fingerprint density at radius 2 is 1.88 bits per heavy atom. The van der Waals surface area contributed by atoms with Crippen LogP contribution in [0.5, 0.6) is 0 Å². The van der Waals surface area contributed by atoms with Crippen LogP contribution in [-0.4, -0.2) is 27.8 Å². The first-order valence-corrected chi connectivity index (χ1v) is 8.38. The molecule has 0 saturated carbocycles. The number of esters is 1. The van der Waals surface area contributed by atoms with E-state index in [2.05, 4.69) is 11.5 Å². The number of rotatable bonds is 7. The van der Waals surface area contributed by atoms with E-state index in [-0.39, 0.29) is 17.0 Å². The van der Waals surface area contributed by atoms with Gasteiger partial charge in [-0.1, -0.05) is 13.0 Å². The molecule has 0 aliphatic rings. The molecule has 2 rings (SSSR count). The van der Waals surface area contributed by atoms with Crippen molar-refractivity contribution in [3.8, 4) is 0 Å². The van der Waals surface area contributed by atoms with E-state index in [1.807, 2.05) is 13.8 Å². The highest BCUT2D eigenvalue weighted by atomic mass is 16.6. The van der Waals surface area contributed by atoms with Crippen molar-refractivity contribution in [1.29, 1.82) is 0 Å². The monoisotopic (exact) mass is 358 g/mol. The number of benzene rings is 1. The van der Waals surface area contributed by atoms with Gasteiger partial charge < -0.3 is 9.30 Å². The van der Waals surface area contributed by atoms with Gasteiger partial charge in [0, 0.05) is 35.1 Å². The van der Waals surface area contributed by atoms with Gasteiger partial charge in [0.05, 0.1) is 10.5 Å². The van der Waals surface area contributed by atoms with Crippen LogP contribution >= 0.6 is 0 Å². The van der Waals surface area contributed by atoms with E-state index in [4.69, 9.17) is 4.74 Å². The molecule has 0 saturated heterocycles. The molecular weight excluding hydrogens is 336 g/mol. The molecule has 7 nitrogen and oxygen atoms in total. The lowest BCUT2D eigenvalue weighted by molar-refractivity contribution is -0.385. The first-order valence-electron chi connectivity index (χ1n) is 8.38. The number of nitrogens with zero attached hydrogens (tertiary/aromatic N) is 2. The molecule has 0 N–H and O–H groups in total. The largest absolute Gasteiger partial charge is 0.454 e. The normalized spacial score (nSPS) is 10.6. The first kappa shape index (κ1) is 19.4. The lowest BCUT2D eigenvalue weighted by Gasteiger charge is -2.08. The van der Waals surface area contributed by atoms with Gasteiger partial charge in [0.25, 0.3) is 5.69 Å². The van der Waals surface area contributed by atoms with Crippen LogP contribution in [0.2, 0.25) is 0 Å². The smallest absolute Gasteiger partial charge is 0.338 e. The lowest BCUT2D eigenvalue weighted by atomic mass is 10.1. The molecule has 1 aromatic heterocycles. The Morgan fingerprint density at radius 3 is 2.50 bits per heavy atom. The lowest BCUT2D eigenvalue weighted by Crippen LogP contribution is -2.15. The van der Waals surface area contributed by atoms with Crippen molar-refractivity contribution in [3.63, 3.8) is 0 Å². The standard InChI is InChI=1S/C19H22N2O5/c1-5-8-20-13(3)9-16(14(20)4)18(22)11-26-19(23)15-7-6-12(2)17(10-15)21(24)25/h6-7,9-10H,5,8,11H2,1-4H3. The molecule has 0 aliphatic carbocycles. The average Bonchev–Trinajstić information content (AvgIpc) is 2.88. The molecular formula is C19H22N2O5. The number of ether oxygens (including phenoxy) is 1. The molecule has 0 radical (unpaired) electrons. The molecule has 0 spiro atoms. The van der Waals surface area contributed by atoms with Crippen LogP contribution in [0, 0.1) is 30.9 Å². The maximum absolute atomic E-state index is 12.4. The fourth-order valence-corrected chi connectivity index (χ4v) is 2.88. The Labute approximate surface area is 151 Å². The predicted octanol–water partition coefficient (Wildman–Crippen LogP) is 3.77. The molecule has 26 heavy (non-hydrogen) atoms. The van der Waals surface area contributed by atoms with Gasteiger partial charge >= 0.3 is 5.97 Å². The predicted molar refractivity (Wildman–Crippen MR) is 96.6 cm³/mol. The van der Waals surface area contributed by atoms with Crippen LogP contribution in [0.1, 0.15) is 51.0 Å². The zero-order valence-corrected chi connectivity index (χ0v) is 15.4. The number of aryl methyl sites for hydroxylation is 2. The third kappa shape index (κ3) is 3.99. The Balaban J connectivity index is 2.10. The minimum Gasteiger partial charge on any atom is -0.454 e. The Morgan fingerprint density at radius 1 is 1.19 bits per heavy atom. The number of nitro benzene ring substituents is 1. The second-order valence-corrected chi connectivity index (χ2v) is 6.19. The fraction of sp³-hybridized carbons (Fsp3) is 0.368. The van der Waals surface area contributed by atoms with Crippen molar-refractivity contribution in [2.45, 2.75) is 40.7 Å². The molecule has 7 heteroatoms. The maximum atomic E-state index is 12.4. The second kappa shape index (κ2) is 7.95. The molecule has 2 aromatic rings. The Kier molecular flexibility index (Phi) is 5.92. The third-order valence-corrected chi connectivity index (χ3v) is 4.30. The first-order chi connectivity index (χ1) is 12.3. The van der Waals surface area contributed by atoms with Gasteiger partial charge in [-0.25, -0.2) is 4.79 Å². The van der Waals surface area contributed by atoms with E-state index in [1.165, 1.54) is 12.1 Å². The van der Waals surface area contributed by atoms with E-state index >= 15 is 0 Å². The van der Waals surface area contributed by atoms with E-state index in [1.54, 1.807) is 13.0 Å². The summed E-state index contributed by atoms with van der Waals surface area (Å²) in [7, 11) is 0. The topological polar surface area (TPSA) is 91.4 Å². The van der Waals surface area contributed by atoms with E-state index in [0.29, 0.717) is 11.1 Å². The highest BCUT2D eigenvalue weighted by Gasteiger charge is 2.19. The van der Waals surface area contributed by atoms with Crippen molar-refractivity contribution < 1.29 is 19.2 Å². The highest BCUT2D eigenvalue weighted by Crippen LogP contribution is 2.20. The zero-order valence-electron chi connectivity index (χ0n) is 15.4. The van der Waals surface area contributed by atoms with Crippen LogP contribution < -0.4 is 0 Å². The molecule has 0 atom stereocenters. The molecule has 0 aliphatic heterocycles.